The molecule has 0 unspecified atom stereocenters. The van der Waals surface area contributed by atoms with E-state index in [4.69, 9.17) is 37.9 Å². The third kappa shape index (κ3) is 13.8. The molecule has 1 aliphatic rings. The van der Waals surface area contributed by atoms with Crippen molar-refractivity contribution >= 4 is 0 Å². The highest BCUT2D eigenvalue weighted by atomic mass is 16.7. The Morgan fingerprint density at radius 3 is 1.38 bits per heavy atom. The molecule has 11 heteroatoms. The third-order valence-corrected chi connectivity index (χ3v) is 11.4. The Morgan fingerprint density at radius 2 is 0.909 bits per heavy atom. The largest absolute Gasteiger partial charge is 0.388 e. The lowest BCUT2D eigenvalue weighted by molar-refractivity contribution is -0.332. The first-order valence-electron chi connectivity index (χ1n) is 22.5. The van der Waals surface area contributed by atoms with Crippen LogP contribution < -0.4 is 0 Å². The summed E-state index contributed by atoms with van der Waals surface area (Å²) in [6.45, 7) is 1.60. The lowest BCUT2D eigenvalue weighted by atomic mass is 9.97. The van der Waals surface area contributed by atoms with E-state index in [0.29, 0.717) is 18.8 Å². The molecule has 0 amide bonds. The highest BCUT2D eigenvalue weighted by molar-refractivity contribution is 5.19. The summed E-state index contributed by atoms with van der Waals surface area (Å²) >= 11 is 0. The monoisotopic (exact) mass is 890 g/mol. The lowest BCUT2D eigenvalue weighted by Crippen LogP contribution is -2.62. The second-order valence-electron chi connectivity index (χ2n) is 16.2. The van der Waals surface area contributed by atoms with Gasteiger partial charge in [0.15, 0.2) is 6.29 Å². The molecule has 2 N–H and O–H groups in total. The highest BCUT2D eigenvalue weighted by Crippen LogP contribution is 2.33. The number of aliphatic hydroxyl groups excluding tert-OH is 1. The maximum atomic E-state index is 12.4. The second-order valence-corrected chi connectivity index (χ2v) is 16.2. The van der Waals surface area contributed by atoms with Gasteiger partial charge < -0.3 is 43.0 Å². The number of nitrogens with zero attached hydrogens (tertiary/aromatic N) is 1. The van der Waals surface area contributed by atoms with Crippen LogP contribution in [0, 0.1) is 0 Å². The Bertz CT molecular complexity index is 2350. The standard InChI is InChI=1S/C55H58N2O9/c58-48(51(61-35-43-23-11-3-12-24-43)50(47-31-56-57-32-47)60-34-42-21-9-2-10-22-42)39-65-55-54(64-38-46-29-17-6-18-30-46)53(63-37-45-27-15-5-16-28-45)52(62-36-44-25-13-4-14-26-44)49(66-55)40-59-33-41-19-7-1-8-20-41/h1-32,48-55,58H,33-40H2,(H,56,57)/t48-,49-,50+,51-,52+,53+,54-,55+/m0/s1. The number of hydrogen-bond acceptors (Lipinski definition) is 10. The van der Waals surface area contributed by atoms with Crippen molar-refractivity contribution in [2.24, 2.45) is 0 Å². The number of aliphatic hydroxyl groups is 1. The Kier molecular flexibility index (Phi) is 17.8. The van der Waals surface area contributed by atoms with Crippen LogP contribution in [0.3, 0.4) is 0 Å². The zero-order valence-corrected chi connectivity index (χ0v) is 36.9. The first-order valence-corrected chi connectivity index (χ1v) is 22.5. The fourth-order valence-corrected chi connectivity index (χ4v) is 7.89. The van der Waals surface area contributed by atoms with Crippen LogP contribution in [0.25, 0.3) is 0 Å². The Morgan fingerprint density at radius 1 is 0.485 bits per heavy atom. The van der Waals surface area contributed by atoms with Gasteiger partial charge in [0.05, 0.1) is 59.1 Å². The summed E-state index contributed by atoms with van der Waals surface area (Å²) in [6, 6.07) is 59.6. The molecule has 1 fully saturated rings. The molecule has 0 radical (unpaired) electrons. The molecule has 8 rings (SSSR count). The normalized spacial score (nSPS) is 19.8. The molecule has 11 nitrogen and oxygen atoms in total. The summed E-state index contributed by atoms with van der Waals surface area (Å²) in [5.74, 6) is 0. The first kappa shape index (κ1) is 46.7. The van der Waals surface area contributed by atoms with Crippen LogP contribution in [-0.2, 0) is 77.5 Å². The third-order valence-electron chi connectivity index (χ3n) is 11.4. The predicted molar refractivity (Wildman–Crippen MR) is 249 cm³/mol. The molecule has 0 saturated carbocycles. The van der Waals surface area contributed by atoms with Crippen molar-refractivity contribution in [2.75, 3.05) is 13.2 Å². The summed E-state index contributed by atoms with van der Waals surface area (Å²) in [4.78, 5) is 0. The van der Waals surface area contributed by atoms with E-state index in [1.54, 1.807) is 12.4 Å². The van der Waals surface area contributed by atoms with Gasteiger partial charge in [0.1, 0.15) is 42.7 Å². The van der Waals surface area contributed by atoms with Crippen LogP contribution in [0.2, 0.25) is 0 Å². The predicted octanol–water partition coefficient (Wildman–Crippen LogP) is 9.33. The molecule has 6 aromatic carbocycles. The molecule has 342 valence electrons. The number of H-pyrrole nitrogens is 1. The average molecular weight is 891 g/mol. The molecule has 1 aliphatic heterocycles. The molecule has 1 saturated heterocycles. The molecule has 7 aromatic rings. The van der Waals surface area contributed by atoms with Crippen LogP contribution in [0.1, 0.15) is 45.0 Å². The molecule has 0 spiro atoms. The van der Waals surface area contributed by atoms with Crippen molar-refractivity contribution in [3.05, 3.63) is 233 Å². The zero-order valence-electron chi connectivity index (χ0n) is 36.9. The molecule has 8 atom stereocenters. The van der Waals surface area contributed by atoms with E-state index in [1.165, 1.54) is 0 Å². The SMILES string of the molecule is O[C@@H](CO[C@@H]1O[C@@H](COCc2ccccc2)[C@@H](OCc2ccccc2)[C@@H](OCc2ccccc2)[C@@H]1OCc1ccccc1)[C@H](OCc1ccccc1)[C@H](OCc1ccccc1)c1cn[nH]c1. The highest BCUT2D eigenvalue weighted by Gasteiger charge is 2.49. The van der Waals surface area contributed by atoms with E-state index in [0.717, 1.165) is 33.4 Å². The topological polar surface area (TPSA) is 123 Å². The van der Waals surface area contributed by atoms with Gasteiger partial charge in [-0.25, -0.2) is 0 Å². The molecule has 1 aromatic heterocycles. The van der Waals surface area contributed by atoms with Gasteiger partial charge >= 0.3 is 0 Å². The maximum absolute atomic E-state index is 12.4. The van der Waals surface area contributed by atoms with Gasteiger partial charge in [-0.15, -0.1) is 0 Å². The van der Waals surface area contributed by atoms with Crippen LogP contribution in [-0.4, -0.2) is 71.4 Å². The lowest BCUT2D eigenvalue weighted by Gasteiger charge is -2.46. The van der Waals surface area contributed by atoms with E-state index in [-0.39, 0.29) is 39.6 Å². The number of aromatic amines is 1. The Balaban J connectivity index is 1.10. The minimum atomic E-state index is -1.22. The number of aromatic nitrogens is 2. The van der Waals surface area contributed by atoms with Crippen molar-refractivity contribution in [1.82, 2.24) is 10.2 Å². The number of hydrogen-bond donors (Lipinski definition) is 2. The van der Waals surface area contributed by atoms with Crippen molar-refractivity contribution in [3.8, 4) is 0 Å². The van der Waals surface area contributed by atoms with E-state index in [9.17, 15) is 5.11 Å². The Hall–Kier alpha value is -5.83. The van der Waals surface area contributed by atoms with Crippen LogP contribution in [0.4, 0.5) is 0 Å². The minimum Gasteiger partial charge on any atom is -0.388 e. The Labute approximate surface area is 387 Å². The number of rotatable bonds is 25. The summed E-state index contributed by atoms with van der Waals surface area (Å²) in [7, 11) is 0. The summed E-state index contributed by atoms with van der Waals surface area (Å²) in [5.41, 5.74) is 6.58. The summed E-state index contributed by atoms with van der Waals surface area (Å²) in [6.07, 6.45) is -3.33. The van der Waals surface area contributed by atoms with Crippen LogP contribution in [0.5, 0.6) is 0 Å². The van der Waals surface area contributed by atoms with Crippen LogP contribution >= 0.6 is 0 Å². The van der Waals surface area contributed by atoms with Gasteiger partial charge in [-0.3, -0.25) is 5.10 Å². The summed E-state index contributed by atoms with van der Waals surface area (Å²) in [5, 5.41) is 19.5. The van der Waals surface area contributed by atoms with Crippen molar-refractivity contribution in [1.29, 1.82) is 0 Å². The molecular formula is C55H58N2O9. The maximum Gasteiger partial charge on any atom is 0.187 e. The van der Waals surface area contributed by atoms with E-state index in [1.807, 2.05) is 182 Å². The second kappa shape index (κ2) is 25.2. The minimum absolute atomic E-state index is 0.159. The van der Waals surface area contributed by atoms with E-state index < -0.39 is 49.0 Å². The van der Waals surface area contributed by atoms with Gasteiger partial charge in [-0.2, -0.15) is 5.10 Å². The number of ether oxygens (including phenoxy) is 8. The van der Waals surface area contributed by atoms with Crippen LogP contribution in [0.15, 0.2) is 194 Å². The smallest absolute Gasteiger partial charge is 0.187 e. The van der Waals surface area contributed by atoms with E-state index in [2.05, 4.69) is 10.2 Å². The van der Waals surface area contributed by atoms with Crippen molar-refractivity contribution < 1.29 is 43.0 Å². The zero-order chi connectivity index (χ0) is 45.0. The molecule has 0 bridgehead atoms. The van der Waals surface area contributed by atoms with Gasteiger partial charge in [0, 0.05) is 11.8 Å². The number of nitrogens with one attached hydrogen (secondary N) is 1. The molecule has 0 aliphatic carbocycles. The van der Waals surface area contributed by atoms with Gasteiger partial charge in [0.25, 0.3) is 0 Å². The van der Waals surface area contributed by atoms with Crippen molar-refractivity contribution in [3.63, 3.8) is 0 Å². The molecular weight excluding hydrogens is 833 g/mol. The van der Waals surface area contributed by atoms with Crippen molar-refractivity contribution in [2.45, 2.75) is 88.7 Å². The molecule has 2 heterocycles. The van der Waals surface area contributed by atoms with Gasteiger partial charge in [-0.1, -0.05) is 182 Å². The molecule has 66 heavy (non-hydrogen) atoms. The summed E-state index contributed by atoms with van der Waals surface area (Å²) < 4.78 is 53.9. The van der Waals surface area contributed by atoms with Gasteiger partial charge in [0.2, 0.25) is 0 Å². The first-order chi connectivity index (χ1) is 32.7. The quantitative estimate of drug-likeness (QED) is 0.0574. The average Bonchev–Trinajstić information content (AvgIpc) is 3.92. The number of benzene rings is 6. The van der Waals surface area contributed by atoms with Gasteiger partial charge in [-0.05, 0) is 33.4 Å². The van der Waals surface area contributed by atoms with E-state index >= 15 is 0 Å². The fourth-order valence-electron chi connectivity index (χ4n) is 7.89. The fraction of sp³-hybridized carbons (Fsp3) is 0.291.